The van der Waals surface area contributed by atoms with E-state index >= 15 is 0 Å². The van der Waals surface area contributed by atoms with Crippen molar-refractivity contribution in [2.45, 2.75) is 38.9 Å². The molecule has 0 amide bonds. The second-order valence-corrected chi connectivity index (χ2v) is 9.67. The molecule has 0 aromatic heterocycles. The molecular formula is C32H36O8. The van der Waals surface area contributed by atoms with E-state index in [2.05, 4.69) is 0 Å². The minimum absolute atomic E-state index is 0.0226. The second kappa shape index (κ2) is 15.8. The maximum absolute atomic E-state index is 12.7. The number of aliphatic hydroxyl groups is 1. The average Bonchev–Trinajstić information content (AvgIpc) is 2.99. The molecular weight excluding hydrogens is 512 g/mol. The summed E-state index contributed by atoms with van der Waals surface area (Å²) in [5, 5.41) is 8.78. The van der Waals surface area contributed by atoms with Gasteiger partial charge in [-0.15, -0.1) is 0 Å². The normalized spacial score (nSPS) is 16.7. The van der Waals surface area contributed by atoms with Crippen molar-refractivity contribution >= 4 is 11.9 Å². The van der Waals surface area contributed by atoms with E-state index in [1.807, 2.05) is 42.5 Å². The van der Waals surface area contributed by atoms with Gasteiger partial charge in [0.15, 0.2) is 0 Å². The monoisotopic (exact) mass is 548 g/mol. The van der Waals surface area contributed by atoms with Crippen molar-refractivity contribution in [1.29, 1.82) is 0 Å². The number of hydrogen-bond donors (Lipinski definition) is 1. The van der Waals surface area contributed by atoms with Crippen LogP contribution >= 0.6 is 0 Å². The number of benzene rings is 3. The van der Waals surface area contributed by atoms with E-state index in [4.69, 9.17) is 28.8 Å². The van der Waals surface area contributed by atoms with Crippen LogP contribution in [0, 0.1) is 11.8 Å². The SMILES string of the molecule is O=C(Oc1ccc(COCCO)cc1)[C@H]1CC[C@H](C(=O)Oc2ccc(OCCOCc3ccccc3)cc2)CC1. The van der Waals surface area contributed by atoms with Gasteiger partial charge in [-0.1, -0.05) is 42.5 Å². The molecule has 0 atom stereocenters. The molecule has 0 saturated heterocycles. The largest absolute Gasteiger partial charge is 0.491 e. The molecule has 0 aliphatic heterocycles. The van der Waals surface area contributed by atoms with Gasteiger partial charge >= 0.3 is 11.9 Å². The van der Waals surface area contributed by atoms with Crippen LogP contribution < -0.4 is 14.2 Å². The lowest BCUT2D eigenvalue weighted by Gasteiger charge is -2.25. The fraction of sp³-hybridized carbons (Fsp3) is 0.375. The molecule has 0 radical (unpaired) electrons. The first kappa shape index (κ1) is 29.3. The van der Waals surface area contributed by atoms with Crippen molar-refractivity contribution in [3.05, 3.63) is 90.0 Å². The third kappa shape index (κ3) is 9.48. The minimum atomic E-state index is -0.284. The molecule has 0 heterocycles. The molecule has 1 N–H and O–H groups in total. The number of aliphatic hydroxyl groups excluding tert-OH is 1. The summed E-state index contributed by atoms with van der Waals surface area (Å²) in [5.41, 5.74) is 2.05. The number of ether oxygens (including phenoxy) is 5. The predicted octanol–water partition coefficient (Wildman–Crippen LogP) is 5.11. The van der Waals surface area contributed by atoms with E-state index in [0.717, 1.165) is 11.1 Å². The summed E-state index contributed by atoms with van der Waals surface area (Å²) in [6, 6.07) is 24.0. The Labute approximate surface area is 234 Å². The second-order valence-electron chi connectivity index (χ2n) is 9.67. The van der Waals surface area contributed by atoms with E-state index in [-0.39, 0.29) is 37.0 Å². The van der Waals surface area contributed by atoms with Crippen LogP contribution in [0.15, 0.2) is 78.9 Å². The van der Waals surface area contributed by atoms with E-state index < -0.39 is 0 Å². The van der Waals surface area contributed by atoms with Gasteiger partial charge in [0.2, 0.25) is 0 Å². The average molecular weight is 549 g/mol. The van der Waals surface area contributed by atoms with Crippen LogP contribution in [0.25, 0.3) is 0 Å². The lowest BCUT2D eigenvalue weighted by Crippen LogP contribution is -2.30. The molecule has 1 saturated carbocycles. The Bertz CT molecular complexity index is 1170. The summed E-state index contributed by atoms with van der Waals surface area (Å²) in [6.45, 7) is 2.07. The molecule has 212 valence electrons. The van der Waals surface area contributed by atoms with Gasteiger partial charge in [-0.05, 0) is 73.2 Å². The van der Waals surface area contributed by atoms with Crippen LogP contribution in [-0.2, 0) is 32.3 Å². The highest BCUT2D eigenvalue weighted by atomic mass is 16.5. The highest BCUT2D eigenvalue weighted by Gasteiger charge is 2.32. The molecule has 0 bridgehead atoms. The standard InChI is InChI=1S/C32H36O8/c33-18-19-36-23-25-6-12-29(13-7-25)39-31(34)26-8-10-27(11-9-26)32(35)40-30-16-14-28(15-17-30)38-21-20-37-22-24-4-2-1-3-5-24/h1-7,12-17,26-27,33H,8-11,18-23H2/t26-,27-. The molecule has 0 unspecified atom stereocenters. The smallest absolute Gasteiger partial charge is 0.314 e. The molecule has 3 aromatic rings. The molecule has 3 aromatic carbocycles. The predicted molar refractivity (Wildman–Crippen MR) is 148 cm³/mol. The quantitative estimate of drug-likeness (QED) is 0.169. The summed E-state index contributed by atoms with van der Waals surface area (Å²) in [7, 11) is 0. The molecule has 0 spiro atoms. The molecule has 1 aliphatic carbocycles. The third-order valence-corrected chi connectivity index (χ3v) is 6.69. The van der Waals surface area contributed by atoms with Crippen LogP contribution in [-0.4, -0.2) is 43.5 Å². The van der Waals surface area contributed by atoms with Crippen molar-refractivity contribution in [2.24, 2.45) is 11.8 Å². The van der Waals surface area contributed by atoms with E-state index in [1.165, 1.54) is 0 Å². The Kier molecular flexibility index (Phi) is 11.5. The van der Waals surface area contributed by atoms with Gasteiger partial charge in [0.25, 0.3) is 0 Å². The topological polar surface area (TPSA) is 101 Å². The maximum Gasteiger partial charge on any atom is 0.314 e. The summed E-state index contributed by atoms with van der Waals surface area (Å²) in [6.07, 6.45) is 2.30. The van der Waals surface area contributed by atoms with Crippen molar-refractivity contribution in [1.82, 2.24) is 0 Å². The van der Waals surface area contributed by atoms with Crippen LogP contribution in [0.2, 0.25) is 0 Å². The lowest BCUT2D eigenvalue weighted by molar-refractivity contribution is -0.145. The van der Waals surface area contributed by atoms with Gasteiger partial charge in [0.05, 0.1) is 44.9 Å². The van der Waals surface area contributed by atoms with E-state index in [0.29, 0.717) is 69.4 Å². The van der Waals surface area contributed by atoms with E-state index in [1.54, 1.807) is 36.4 Å². The number of rotatable bonds is 14. The zero-order chi connectivity index (χ0) is 28.0. The Morgan fingerprint density at radius 1 is 0.600 bits per heavy atom. The number of carbonyl (C=O) groups excluding carboxylic acids is 2. The third-order valence-electron chi connectivity index (χ3n) is 6.69. The molecule has 40 heavy (non-hydrogen) atoms. The van der Waals surface area contributed by atoms with Crippen molar-refractivity contribution in [2.75, 3.05) is 26.4 Å². The Balaban J connectivity index is 1.12. The van der Waals surface area contributed by atoms with Gasteiger partial charge in [0.1, 0.15) is 23.9 Å². The lowest BCUT2D eigenvalue weighted by atomic mass is 9.82. The number of esters is 2. The van der Waals surface area contributed by atoms with Gasteiger partial charge in [-0.3, -0.25) is 9.59 Å². The summed E-state index contributed by atoms with van der Waals surface area (Å²) >= 11 is 0. The minimum Gasteiger partial charge on any atom is -0.491 e. The zero-order valence-electron chi connectivity index (χ0n) is 22.5. The van der Waals surface area contributed by atoms with Crippen LogP contribution in [0.5, 0.6) is 17.2 Å². The molecule has 8 heteroatoms. The van der Waals surface area contributed by atoms with Crippen molar-refractivity contribution in [3.63, 3.8) is 0 Å². The van der Waals surface area contributed by atoms with Gasteiger partial charge in [0, 0.05) is 0 Å². The first-order chi connectivity index (χ1) is 19.6. The highest BCUT2D eigenvalue weighted by Crippen LogP contribution is 2.31. The molecule has 1 fully saturated rings. The van der Waals surface area contributed by atoms with E-state index in [9.17, 15) is 9.59 Å². The Morgan fingerprint density at radius 3 is 1.62 bits per heavy atom. The van der Waals surface area contributed by atoms with Crippen LogP contribution in [0.1, 0.15) is 36.8 Å². The maximum atomic E-state index is 12.7. The fourth-order valence-corrected chi connectivity index (χ4v) is 4.46. The van der Waals surface area contributed by atoms with Crippen molar-refractivity contribution in [3.8, 4) is 17.2 Å². The summed E-state index contributed by atoms with van der Waals surface area (Å²) < 4.78 is 27.7. The fourth-order valence-electron chi connectivity index (χ4n) is 4.46. The number of carbonyl (C=O) groups is 2. The van der Waals surface area contributed by atoms with Crippen molar-refractivity contribution < 1.29 is 38.4 Å². The summed E-state index contributed by atoms with van der Waals surface area (Å²) in [4.78, 5) is 25.3. The van der Waals surface area contributed by atoms with Crippen LogP contribution in [0.4, 0.5) is 0 Å². The Hall–Kier alpha value is -3.72. The summed E-state index contributed by atoms with van der Waals surface area (Å²) in [5.74, 6) is 0.552. The van der Waals surface area contributed by atoms with Gasteiger partial charge in [-0.2, -0.15) is 0 Å². The Morgan fingerprint density at radius 2 is 1.07 bits per heavy atom. The van der Waals surface area contributed by atoms with Gasteiger partial charge in [-0.25, -0.2) is 0 Å². The first-order valence-corrected chi connectivity index (χ1v) is 13.7. The first-order valence-electron chi connectivity index (χ1n) is 13.7. The molecule has 8 nitrogen and oxygen atoms in total. The van der Waals surface area contributed by atoms with Crippen LogP contribution in [0.3, 0.4) is 0 Å². The zero-order valence-corrected chi connectivity index (χ0v) is 22.5. The highest BCUT2D eigenvalue weighted by molar-refractivity contribution is 5.77. The molecule has 4 rings (SSSR count). The molecule has 1 aliphatic rings. The van der Waals surface area contributed by atoms with Gasteiger partial charge < -0.3 is 28.8 Å². The number of hydrogen-bond acceptors (Lipinski definition) is 8.